The van der Waals surface area contributed by atoms with Gasteiger partial charge in [-0.05, 0) is 12.1 Å². The molecule has 104 valence electrons. The first-order valence-corrected chi connectivity index (χ1v) is 5.01. The molecule has 19 heavy (non-hydrogen) atoms. The molecule has 0 aliphatic rings. The Kier molecular flexibility index (Phi) is 4.47. The van der Waals surface area contributed by atoms with Gasteiger partial charge >= 0.3 is 18.1 Å². The number of ether oxygens (including phenoxy) is 2. The Morgan fingerprint density at radius 2 is 1.84 bits per heavy atom. The van der Waals surface area contributed by atoms with E-state index in [1.54, 1.807) is 0 Å². The van der Waals surface area contributed by atoms with Crippen molar-refractivity contribution in [2.45, 2.75) is 12.6 Å². The first kappa shape index (κ1) is 14.9. The zero-order chi connectivity index (χ0) is 14.6. The van der Waals surface area contributed by atoms with E-state index in [4.69, 9.17) is 0 Å². The van der Waals surface area contributed by atoms with Gasteiger partial charge in [0.25, 0.3) is 0 Å². The Bertz CT molecular complexity index is 499. The molecule has 0 aromatic carbocycles. The Hall–Kier alpha value is -2.12. The van der Waals surface area contributed by atoms with E-state index in [0.717, 1.165) is 20.3 Å². The molecule has 0 aliphatic carbocycles. The fourth-order valence-corrected chi connectivity index (χ4v) is 1.30. The molecule has 1 aromatic heterocycles. The van der Waals surface area contributed by atoms with E-state index in [2.05, 4.69) is 14.5 Å². The highest BCUT2D eigenvalue weighted by molar-refractivity contribution is 5.91. The average molecular weight is 277 g/mol. The number of hydrogen-bond donors (Lipinski definition) is 0. The van der Waals surface area contributed by atoms with Crippen molar-refractivity contribution < 1.29 is 32.2 Å². The summed E-state index contributed by atoms with van der Waals surface area (Å²) in [7, 11) is 2.15. The summed E-state index contributed by atoms with van der Waals surface area (Å²) < 4.78 is 46.3. The number of methoxy groups -OCH3 is 2. The summed E-state index contributed by atoms with van der Waals surface area (Å²) >= 11 is 0. The highest BCUT2D eigenvalue weighted by Gasteiger charge is 2.33. The number of carbonyl (C=O) groups is 2. The van der Waals surface area contributed by atoms with Gasteiger partial charge in [0.15, 0.2) is 0 Å². The second-order valence-corrected chi connectivity index (χ2v) is 3.43. The van der Waals surface area contributed by atoms with Gasteiger partial charge in [-0.25, -0.2) is 9.78 Å². The minimum atomic E-state index is -4.67. The molecular weight excluding hydrogens is 267 g/mol. The second-order valence-electron chi connectivity index (χ2n) is 3.43. The number of alkyl halides is 3. The summed E-state index contributed by atoms with van der Waals surface area (Å²) in [5.41, 5.74) is -1.74. The van der Waals surface area contributed by atoms with Crippen molar-refractivity contribution in [3.8, 4) is 0 Å². The van der Waals surface area contributed by atoms with E-state index in [1.807, 2.05) is 0 Å². The van der Waals surface area contributed by atoms with Gasteiger partial charge in [-0.15, -0.1) is 0 Å². The van der Waals surface area contributed by atoms with Gasteiger partial charge in [0.1, 0.15) is 5.69 Å². The molecule has 1 aromatic rings. The third-order valence-corrected chi connectivity index (χ3v) is 2.21. The van der Waals surface area contributed by atoms with E-state index in [0.29, 0.717) is 6.07 Å². The zero-order valence-electron chi connectivity index (χ0n) is 10.1. The highest BCUT2D eigenvalue weighted by atomic mass is 19.4. The Morgan fingerprint density at radius 1 is 1.21 bits per heavy atom. The van der Waals surface area contributed by atoms with Crippen LogP contribution in [0.15, 0.2) is 12.1 Å². The summed E-state index contributed by atoms with van der Waals surface area (Å²) in [6, 6.07) is 1.56. The smallest absolute Gasteiger partial charge is 0.433 e. The SMILES string of the molecule is COC(=O)Cc1nc(C(F)(F)F)ccc1C(=O)OC. The second kappa shape index (κ2) is 5.68. The highest BCUT2D eigenvalue weighted by Crippen LogP contribution is 2.28. The van der Waals surface area contributed by atoms with Crippen molar-refractivity contribution in [3.05, 3.63) is 29.1 Å². The standard InChI is InChI=1S/C11H10F3NO4/c1-18-9(16)5-7-6(10(17)19-2)3-4-8(15-7)11(12,13)14/h3-4H,5H2,1-2H3. The van der Waals surface area contributed by atoms with Crippen LogP contribution in [0.5, 0.6) is 0 Å². The molecule has 0 bridgehead atoms. The minimum absolute atomic E-state index is 0.207. The van der Waals surface area contributed by atoms with Crippen LogP contribution < -0.4 is 0 Å². The number of carbonyl (C=O) groups excluding carboxylic acids is 2. The topological polar surface area (TPSA) is 65.5 Å². The first-order valence-electron chi connectivity index (χ1n) is 5.01. The molecule has 0 radical (unpaired) electrons. The lowest BCUT2D eigenvalue weighted by Crippen LogP contribution is -2.17. The van der Waals surface area contributed by atoms with Gasteiger partial charge < -0.3 is 9.47 Å². The zero-order valence-corrected chi connectivity index (χ0v) is 10.1. The van der Waals surface area contributed by atoms with Gasteiger partial charge in [-0.3, -0.25) is 4.79 Å². The van der Waals surface area contributed by atoms with Gasteiger partial charge in [-0.2, -0.15) is 13.2 Å². The Balaban J connectivity index is 3.26. The molecule has 0 spiro atoms. The molecule has 1 rings (SSSR count). The van der Waals surface area contributed by atoms with Crippen molar-refractivity contribution in [1.82, 2.24) is 4.98 Å². The number of esters is 2. The summed E-state index contributed by atoms with van der Waals surface area (Å²) in [6.07, 6.45) is -5.22. The Labute approximate surface area is 106 Å². The molecule has 0 fully saturated rings. The van der Waals surface area contributed by atoms with Crippen molar-refractivity contribution in [1.29, 1.82) is 0 Å². The fourth-order valence-electron chi connectivity index (χ4n) is 1.30. The third-order valence-electron chi connectivity index (χ3n) is 2.21. The summed E-state index contributed by atoms with van der Waals surface area (Å²) in [5.74, 6) is -1.68. The lowest BCUT2D eigenvalue weighted by atomic mass is 10.1. The van der Waals surface area contributed by atoms with Crippen LogP contribution in [-0.4, -0.2) is 31.1 Å². The molecule has 5 nitrogen and oxygen atoms in total. The summed E-state index contributed by atoms with van der Waals surface area (Å²) in [6.45, 7) is 0. The maximum atomic E-state index is 12.5. The number of aromatic nitrogens is 1. The molecule has 0 atom stereocenters. The molecule has 0 saturated carbocycles. The maximum Gasteiger partial charge on any atom is 0.433 e. The van der Waals surface area contributed by atoms with E-state index in [1.165, 1.54) is 0 Å². The van der Waals surface area contributed by atoms with Gasteiger partial charge in [0, 0.05) is 0 Å². The fraction of sp³-hybridized carbons (Fsp3) is 0.364. The van der Waals surface area contributed by atoms with Crippen LogP contribution in [0, 0.1) is 0 Å². The largest absolute Gasteiger partial charge is 0.469 e. The van der Waals surface area contributed by atoms with Crippen molar-refractivity contribution in [2.24, 2.45) is 0 Å². The van der Waals surface area contributed by atoms with Crippen molar-refractivity contribution >= 4 is 11.9 Å². The molecule has 1 heterocycles. The van der Waals surface area contributed by atoms with Crippen LogP contribution in [-0.2, 0) is 26.9 Å². The van der Waals surface area contributed by atoms with Crippen LogP contribution in [0.2, 0.25) is 0 Å². The molecule has 0 unspecified atom stereocenters. The predicted molar refractivity (Wildman–Crippen MR) is 56.3 cm³/mol. The normalized spacial score (nSPS) is 11.0. The lowest BCUT2D eigenvalue weighted by Gasteiger charge is -2.10. The molecule has 0 N–H and O–H groups in total. The first-order chi connectivity index (χ1) is 8.79. The van der Waals surface area contributed by atoms with E-state index in [-0.39, 0.29) is 11.3 Å². The quantitative estimate of drug-likeness (QED) is 0.785. The molecule has 0 amide bonds. The van der Waals surface area contributed by atoms with Crippen LogP contribution in [0.4, 0.5) is 13.2 Å². The third kappa shape index (κ3) is 3.67. The molecule has 8 heteroatoms. The van der Waals surface area contributed by atoms with E-state index in [9.17, 15) is 22.8 Å². The maximum absolute atomic E-state index is 12.5. The minimum Gasteiger partial charge on any atom is -0.469 e. The monoisotopic (exact) mass is 277 g/mol. The number of hydrogen-bond acceptors (Lipinski definition) is 5. The average Bonchev–Trinajstić information content (AvgIpc) is 2.36. The summed E-state index contributed by atoms with van der Waals surface area (Å²) in [5, 5.41) is 0. The van der Waals surface area contributed by atoms with E-state index < -0.39 is 30.2 Å². The molecule has 0 saturated heterocycles. The van der Waals surface area contributed by atoms with Crippen LogP contribution >= 0.6 is 0 Å². The van der Waals surface area contributed by atoms with Crippen molar-refractivity contribution in [2.75, 3.05) is 14.2 Å². The Morgan fingerprint density at radius 3 is 2.32 bits per heavy atom. The predicted octanol–water partition coefficient (Wildman–Crippen LogP) is 1.60. The summed E-state index contributed by atoms with van der Waals surface area (Å²) in [4.78, 5) is 25.8. The van der Waals surface area contributed by atoms with Gasteiger partial charge in [0.2, 0.25) is 0 Å². The number of rotatable bonds is 3. The van der Waals surface area contributed by atoms with Crippen molar-refractivity contribution in [3.63, 3.8) is 0 Å². The van der Waals surface area contributed by atoms with Gasteiger partial charge in [-0.1, -0.05) is 0 Å². The van der Waals surface area contributed by atoms with Gasteiger partial charge in [0.05, 0.1) is 31.9 Å². The molecule has 0 aliphatic heterocycles. The molecular formula is C11H10F3NO4. The van der Waals surface area contributed by atoms with Crippen LogP contribution in [0.1, 0.15) is 21.7 Å². The number of halogens is 3. The number of nitrogens with zero attached hydrogens (tertiary/aromatic N) is 1. The van der Waals surface area contributed by atoms with Crippen LogP contribution in [0.25, 0.3) is 0 Å². The van der Waals surface area contributed by atoms with Crippen LogP contribution in [0.3, 0.4) is 0 Å². The lowest BCUT2D eigenvalue weighted by molar-refractivity contribution is -0.142. The number of pyridine rings is 1. The van der Waals surface area contributed by atoms with E-state index >= 15 is 0 Å².